The van der Waals surface area contributed by atoms with E-state index in [1.165, 1.54) is 22.8 Å². The van der Waals surface area contributed by atoms with Crippen LogP contribution in [0.15, 0.2) is 41.2 Å². The summed E-state index contributed by atoms with van der Waals surface area (Å²) in [6.45, 7) is 19.5. The molecule has 4 aromatic rings. The van der Waals surface area contributed by atoms with Gasteiger partial charge in [0, 0.05) is 67.2 Å². The van der Waals surface area contributed by atoms with E-state index in [4.69, 9.17) is 96.0 Å². The van der Waals surface area contributed by atoms with Crippen LogP contribution in [0.25, 0.3) is 22.3 Å². The smallest absolute Gasteiger partial charge is 0.407 e. The highest BCUT2D eigenvalue weighted by Gasteiger charge is 2.47. The number of methoxy groups -OCH3 is 1. The largest absolute Gasteiger partial charge is 0.458 e. The highest BCUT2D eigenvalue weighted by atomic mass is 19.1. The number of benzene rings is 2. The molecule has 6 atom stereocenters. The fourth-order valence-corrected chi connectivity index (χ4v) is 14.4. The minimum Gasteiger partial charge on any atom is -0.458 e. The molecule has 42 heteroatoms. The molecule has 1 saturated heterocycles. The van der Waals surface area contributed by atoms with Gasteiger partial charge in [0.05, 0.1) is 240 Å². The fraction of sp³-hybridized carbons (Fsp3) is 0.659. The molecule has 5 heterocycles. The van der Waals surface area contributed by atoms with Crippen molar-refractivity contribution in [2.45, 2.75) is 136 Å². The molecule has 0 bridgehead atoms. The number of aromatic nitrogens is 2. The first-order chi connectivity index (χ1) is 62.9. The van der Waals surface area contributed by atoms with Crippen molar-refractivity contribution in [2.24, 2.45) is 17.6 Å². The molecule has 1 unspecified atom stereocenters. The van der Waals surface area contributed by atoms with Crippen molar-refractivity contribution >= 4 is 76.0 Å². The molecule has 4 aliphatic rings. The molecule has 0 spiro atoms. The number of urea groups is 1. The third kappa shape index (κ3) is 34.9. The van der Waals surface area contributed by atoms with Crippen LogP contribution in [0.2, 0.25) is 0 Å². The Hall–Kier alpha value is -9.45. The highest BCUT2D eigenvalue weighted by molar-refractivity contribution is 6.06. The average Bonchev–Trinajstić information content (AvgIpc) is 1.53. The van der Waals surface area contributed by atoms with Crippen LogP contribution in [0.1, 0.15) is 118 Å². The number of fused-ring (bicyclic) bond motifs is 5. The predicted molar refractivity (Wildman–Crippen MR) is 463 cm³/mol. The van der Waals surface area contributed by atoms with Crippen LogP contribution in [0.4, 0.5) is 19.7 Å². The van der Waals surface area contributed by atoms with Gasteiger partial charge in [0.1, 0.15) is 43.7 Å². The number of aryl methyl sites for hydroxylation is 1. The number of alkyl carbamates (subject to hydrolysis) is 1. The lowest BCUT2D eigenvalue weighted by atomic mass is 9.81. The Morgan fingerprint density at radius 3 is 1.58 bits per heavy atom. The van der Waals surface area contributed by atoms with Crippen LogP contribution in [0.3, 0.4) is 0 Å². The van der Waals surface area contributed by atoms with E-state index in [0.29, 0.717) is 236 Å². The van der Waals surface area contributed by atoms with Gasteiger partial charge < -0.3 is 138 Å². The number of likely N-dealkylation sites (tertiary alicyclic amines) is 1. The molecule has 2 aromatic carbocycles. The predicted octanol–water partition coefficient (Wildman–Crippen LogP) is 2.13. The second-order valence-electron chi connectivity index (χ2n) is 31.1. The van der Waals surface area contributed by atoms with Gasteiger partial charge in [-0.25, -0.2) is 23.8 Å². The summed E-state index contributed by atoms with van der Waals surface area (Å²) in [5.74, 6) is -7.51. The van der Waals surface area contributed by atoms with Gasteiger partial charge in [-0.2, -0.15) is 0 Å². The third-order valence-electron chi connectivity index (χ3n) is 21.4. The van der Waals surface area contributed by atoms with Gasteiger partial charge in [-0.15, -0.1) is 0 Å². The number of hydrogen-bond acceptors (Lipinski definition) is 31. The van der Waals surface area contributed by atoms with Crippen LogP contribution in [-0.2, 0) is 155 Å². The van der Waals surface area contributed by atoms with Crippen molar-refractivity contribution in [3.63, 3.8) is 0 Å². The van der Waals surface area contributed by atoms with Crippen molar-refractivity contribution in [3.8, 4) is 11.4 Å². The van der Waals surface area contributed by atoms with Crippen molar-refractivity contribution in [2.75, 3.05) is 237 Å². The normalized spacial score (nSPS) is 16.3. The van der Waals surface area contributed by atoms with Gasteiger partial charge >= 0.3 is 18.1 Å². The van der Waals surface area contributed by atoms with Crippen LogP contribution in [0.5, 0.6) is 0 Å². The Kier molecular flexibility index (Phi) is 47.6. The highest BCUT2D eigenvalue weighted by Crippen LogP contribution is 2.46. The summed E-state index contributed by atoms with van der Waals surface area (Å²) < 4.78 is 116. The quantitative estimate of drug-likeness (QED) is 0.0153. The van der Waals surface area contributed by atoms with Crippen molar-refractivity contribution in [1.29, 1.82) is 0 Å². The standard InChI is InChI=1S/C88H130FN11O30/c1-7-88(112)66-52-72-79-64(54-99(72)84(108)65(66)57-129-85(88)109)77-68(15-14-63-60(5)67(89)53-71(95-79)76(63)77)97-87(111)130-56-61-10-12-62(13-11-61)93-80(104)69(9-8-18-92-86(90)110)96-82(106)78(58(2)3)98-81(105)70(94-74(102)55-100-75(103)51-59(4)83(100)107)16-19-91-73(101)17-20-114-23-24-116-27-28-118-31-32-120-35-36-122-39-40-124-43-44-126-47-48-128-50-49-127-46-45-125-42-41-123-38-37-121-34-33-119-30-29-117-26-25-115-22-21-113-6/h10-13,52-53,58-59,68-70,78,112H,7-9,14-51,54-57H2,1-6H3,(H,91,101)(H,93,104)(H,94,102)(H,96,106)(H,97,111)(H,98,105)(H3,90,92,110)/t59?,68-,69-,70-,78-,88-/m0/s1. The molecular weight excluding hydrogens is 1710 g/mol. The molecule has 8 rings (SSSR count). The first kappa shape index (κ1) is 106. The number of primary amides is 1. The minimum absolute atomic E-state index is 0.0207. The SMILES string of the molecule is CC[C@@]1(O)C(=O)OCc2c1cc1n(c2=O)Cc2c-1nc1cc(F)c(C)c3c1c2[C@@H](NC(=O)OCc1ccc(NC(=O)[C@H](CCCNC(N)=O)NC(=O)[C@@H](NC(=O)[C@H](CCNC(=O)CCOCCOCCOCCOCCOCCOCCOCCOCCOCCOCCOCCOCCOCCOCCOCCOC)NC(=O)CN2C(=O)CC(C)C2=O)C(C)C)cc1)CC3. The summed E-state index contributed by atoms with van der Waals surface area (Å²) in [6.07, 6.45) is -0.475. The van der Waals surface area contributed by atoms with Crippen LogP contribution in [0, 0.1) is 24.6 Å². The second kappa shape index (κ2) is 58.4. The van der Waals surface area contributed by atoms with E-state index in [1.807, 2.05) is 0 Å². The van der Waals surface area contributed by atoms with E-state index in [1.54, 1.807) is 59.9 Å². The topological polar surface area (TPSA) is 505 Å². The number of carbonyl (C=O) groups is 10. The number of nitrogens with one attached hydrogen (secondary N) is 7. The lowest BCUT2D eigenvalue weighted by Crippen LogP contribution is -2.58. The number of rotatable bonds is 69. The summed E-state index contributed by atoms with van der Waals surface area (Å²) in [4.78, 5) is 153. The Balaban J connectivity index is 0.664. The maximum atomic E-state index is 15.6. The van der Waals surface area contributed by atoms with E-state index in [-0.39, 0.29) is 120 Å². The number of carbonyl (C=O) groups excluding carboxylic acids is 10. The lowest BCUT2D eigenvalue weighted by Gasteiger charge is -2.31. The first-order valence-corrected chi connectivity index (χ1v) is 44.3. The van der Waals surface area contributed by atoms with Gasteiger partial charge in [-0.3, -0.25) is 43.3 Å². The number of imide groups is 1. The molecule has 0 saturated carbocycles. The van der Waals surface area contributed by atoms with E-state index in [2.05, 4.69) is 37.2 Å². The van der Waals surface area contributed by atoms with Crippen molar-refractivity contribution < 1.29 is 143 Å². The molecule has 2 aromatic heterocycles. The zero-order chi connectivity index (χ0) is 93.4. The van der Waals surface area contributed by atoms with Crippen molar-refractivity contribution in [3.05, 3.63) is 91.5 Å². The number of anilines is 1. The van der Waals surface area contributed by atoms with Gasteiger partial charge in [-0.05, 0) is 91.8 Å². The van der Waals surface area contributed by atoms with E-state index in [9.17, 15) is 57.8 Å². The Bertz CT molecular complexity index is 4320. The monoisotopic (exact) mass is 1840 g/mol. The van der Waals surface area contributed by atoms with Crippen molar-refractivity contribution in [1.82, 2.24) is 46.4 Å². The molecule has 10 amide bonds. The van der Waals surface area contributed by atoms with Gasteiger partial charge in [-0.1, -0.05) is 39.8 Å². The van der Waals surface area contributed by atoms with Gasteiger partial charge in [0.25, 0.3) is 5.56 Å². The molecule has 3 aliphatic heterocycles. The number of nitrogens with zero attached hydrogens (tertiary/aromatic N) is 3. The third-order valence-corrected chi connectivity index (χ3v) is 21.4. The Morgan fingerprint density at radius 2 is 1.11 bits per heavy atom. The summed E-state index contributed by atoms with van der Waals surface area (Å²) >= 11 is 0. The number of hydrogen-bond donors (Lipinski definition) is 9. The molecule has 1 aliphatic carbocycles. The number of nitrogens with two attached hydrogens (primary N) is 1. The summed E-state index contributed by atoms with van der Waals surface area (Å²) in [7, 11) is 1.63. The van der Waals surface area contributed by atoms with E-state index in [0.717, 1.165) is 4.90 Å². The number of halogens is 1. The number of aliphatic hydroxyl groups is 1. The molecule has 1 fully saturated rings. The zero-order valence-electron chi connectivity index (χ0n) is 75.3. The number of cyclic esters (lactones) is 1. The van der Waals surface area contributed by atoms with Crippen LogP contribution >= 0.6 is 0 Å². The van der Waals surface area contributed by atoms with Crippen LogP contribution < -0.4 is 48.5 Å². The van der Waals surface area contributed by atoms with Crippen LogP contribution in [-0.4, -0.2) is 329 Å². The Labute approximate surface area is 754 Å². The number of ether oxygens (including phenoxy) is 18. The minimum atomic E-state index is -2.08. The second-order valence-corrected chi connectivity index (χ2v) is 31.1. The maximum absolute atomic E-state index is 15.6. The first-order valence-electron chi connectivity index (χ1n) is 44.3. The van der Waals surface area contributed by atoms with E-state index < -0.39 is 119 Å². The summed E-state index contributed by atoms with van der Waals surface area (Å²) in [6, 6.07) is 3.55. The zero-order valence-corrected chi connectivity index (χ0v) is 75.3. The maximum Gasteiger partial charge on any atom is 0.407 e. The van der Waals surface area contributed by atoms with Gasteiger partial charge in [0.15, 0.2) is 5.60 Å². The number of amides is 10. The number of pyridine rings is 2. The fourth-order valence-electron chi connectivity index (χ4n) is 14.4. The Morgan fingerprint density at radius 1 is 0.608 bits per heavy atom. The molecule has 10 N–H and O–H groups in total. The molecule has 724 valence electrons. The molecular formula is C88H130FN11O30. The molecule has 41 nitrogen and oxygen atoms in total. The number of esters is 1. The summed E-state index contributed by atoms with van der Waals surface area (Å²) in [5, 5.41) is 30.9. The van der Waals surface area contributed by atoms with E-state index >= 15 is 4.39 Å². The van der Waals surface area contributed by atoms with Gasteiger partial charge in [0.2, 0.25) is 41.4 Å². The summed E-state index contributed by atoms with van der Waals surface area (Å²) in [5.41, 5.74) is 7.02. The average molecular weight is 1840 g/mol. The molecule has 0 radical (unpaired) electrons. The molecule has 130 heavy (non-hydrogen) atoms. The lowest BCUT2D eigenvalue weighted by molar-refractivity contribution is -0.172.